The van der Waals surface area contributed by atoms with Crippen molar-refractivity contribution in [2.24, 2.45) is 5.41 Å². The van der Waals surface area contributed by atoms with Crippen LogP contribution in [0.15, 0.2) is 21.9 Å². The van der Waals surface area contributed by atoms with Crippen molar-refractivity contribution in [1.29, 1.82) is 0 Å². The molecule has 31 heavy (non-hydrogen) atoms. The first-order valence-corrected chi connectivity index (χ1v) is 12.4. The number of aromatic nitrogens is 1. The van der Waals surface area contributed by atoms with E-state index in [4.69, 9.17) is 14.6 Å². The van der Waals surface area contributed by atoms with Crippen LogP contribution in [0.1, 0.15) is 49.5 Å². The summed E-state index contributed by atoms with van der Waals surface area (Å²) >= 11 is 2.69. The van der Waals surface area contributed by atoms with Crippen LogP contribution in [0.5, 0.6) is 0 Å². The van der Waals surface area contributed by atoms with Crippen molar-refractivity contribution >= 4 is 35.2 Å². The highest BCUT2D eigenvalue weighted by atomic mass is 32.2. The lowest BCUT2D eigenvalue weighted by Gasteiger charge is -2.45. The Bertz CT molecular complexity index is 795. The van der Waals surface area contributed by atoms with Crippen molar-refractivity contribution in [2.75, 3.05) is 26.0 Å². The molecule has 3 atom stereocenters. The van der Waals surface area contributed by atoms with Gasteiger partial charge in [0.1, 0.15) is 6.10 Å². The predicted octanol–water partition coefficient (Wildman–Crippen LogP) is 3.66. The number of thioether (sulfide) groups is 1. The Morgan fingerprint density at radius 3 is 2.94 bits per heavy atom. The fraction of sp³-hybridized carbons (Fsp3) is 0.667. The van der Waals surface area contributed by atoms with Crippen LogP contribution in [-0.4, -0.2) is 76.4 Å². The molecule has 0 aromatic carbocycles. The number of cyclic esters (lactones) is 1. The SMILES string of the molecule is COCCCC1(C(O)C=CC2C(C)OC(=O)N2CCSc2nc(C(=O)O)cs2)CCC1. The highest BCUT2D eigenvalue weighted by molar-refractivity contribution is 8.01. The standard InChI is InChI=1S/C21H30N2O6S2/c1-14-16(5-6-17(24)21(7-3-8-21)9-4-11-28-2)23(20(27)29-14)10-12-30-19-22-15(13-31-19)18(25)26/h5-6,13-14,16-17,24H,3-4,7-12H2,1-2H3,(H,25,26). The van der Waals surface area contributed by atoms with Crippen LogP contribution in [0.2, 0.25) is 0 Å². The quantitative estimate of drug-likeness (QED) is 0.271. The van der Waals surface area contributed by atoms with Gasteiger partial charge in [-0.3, -0.25) is 4.90 Å². The second-order valence-corrected chi connectivity index (χ2v) is 10.3. The Morgan fingerprint density at radius 2 is 2.32 bits per heavy atom. The maximum absolute atomic E-state index is 12.3. The summed E-state index contributed by atoms with van der Waals surface area (Å²) < 4.78 is 11.2. The van der Waals surface area contributed by atoms with Crippen molar-refractivity contribution in [2.45, 2.75) is 61.6 Å². The van der Waals surface area contributed by atoms with Gasteiger partial charge in [0, 0.05) is 31.4 Å². The van der Waals surface area contributed by atoms with Gasteiger partial charge in [-0.05, 0) is 38.0 Å². The van der Waals surface area contributed by atoms with Crippen LogP contribution in [-0.2, 0) is 9.47 Å². The van der Waals surface area contributed by atoms with Crippen LogP contribution in [0.25, 0.3) is 0 Å². The molecule has 2 heterocycles. The third-order valence-corrected chi connectivity index (χ3v) is 8.11. The number of methoxy groups -OCH3 is 1. The van der Waals surface area contributed by atoms with E-state index in [9.17, 15) is 14.7 Å². The second kappa shape index (κ2) is 10.8. The molecule has 2 N–H and O–H groups in total. The minimum atomic E-state index is -1.05. The van der Waals surface area contributed by atoms with Gasteiger partial charge in [0.15, 0.2) is 10.0 Å². The van der Waals surface area contributed by atoms with E-state index in [0.717, 1.165) is 32.1 Å². The molecule has 1 aromatic heterocycles. The van der Waals surface area contributed by atoms with Crippen molar-refractivity contribution in [3.05, 3.63) is 23.2 Å². The Labute approximate surface area is 190 Å². The van der Waals surface area contributed by atoms with E-state index in [0.29, 0.717) is 23.2 Å². The molecular formula is C21H30N2O6S2. The van der Waals surface area contributed by atoms with E-state index in [1.807, 2.05) is 19.1 Å². The number of rotatable bonds is 12. The molecular weight excluding hydrogens is 440 g/mol. The lowest BCUT2D eigenvalue weighted by molar-refractivity contribution is -0.0183. The van der Waals surface area contributed by atoms with Crippen molar-refractivity contribution in [3.8, 4) is 0 Å². The molecule has 1 aliphatic heterocycles. The Morgan fingerprint density at radius 1 is 1.55 bits per heavy atom. The Balaban J connectivity index is 1.56. The van der Waals surface area contributed by atoms with E-state index in [2.05, 4.69) is 4.98 Å². The molecule has 1 saturated carbocycles. The fourth-order valence-electron chi connectivity index (χ4n) is 4.14. The average Bonchev–Trinajstić information content (AvgIpc) is 3.27. The van der Waals surface area contributed by atoms with Gasteiger partial charge in [0.05, 0.1) is 12.1 Å². The molecule has 0 bridgehead atoms. The van der Waals surface area contributed by atoms with E-state index >= 15 is 0 Å². The maximum atomic E-state index is 12.3. The first-order valence-electron chi connectivity index (χ1n) is 10.5. The van der Waals surface area contributed by atoms with E-state index in [1.165, 1.54) is 28.5 Å². The number of thiazole rings is 1. The lowest BCUT2D eigenvalue weighted by Crippen LogP contribution is -2.41. The van der Waals surface area contributed by atoms with E-state index in [-0.39, 0.29) is 29.3 Å². The Hall–Kier alpha value is -1.62. The highest BCUT2D eigenvalue weighted by Gasteiger charge is 2.42. The molecule has 0 spiro atoms. The second-order valence-electron chi connectivity index (χ2n) is 8.07. The molecule has 2 fully saturated rings. The van der Waals surface area contributed by atoms with Crippen LogP contribution in [0.4, 0.5) is 4.79 Å². The van der Waals surface area contributed by atoms with Crippen molar-refractivity contribution in [1.82, 2.24) is 9.88 Å². The van der Waals surface area contributed by atoms with Crippen LogP contribution >= 0.6 is 23.1 Å². The zero-order valence-corrected chi connectivity index (χ0v) is 19.5. The van der Waals surface area contributed by atoms with Gasteiger partial charge in [0.2, 0.25) is 0 Å². The van der Waals surface area contributed by atoms with Crippen LogP contribution in [0, 0.1) is 5.41 Å². The largest absolute Gasteiger partial charge is 0.476 e. The van der Waals surface area contributed by atoms with Crippen LogP contribution < -0.4 is 0 Å². The molecule has 3 rings (SSSR count). The summed E-state index contributed by atoms with van der Waals surface area (Å²) in [4.78, 5) is 29.0. The number of carboxylic acid groups (broad SMARTS) is 1. The number of nitrogens with zero attached hydrogens (tertiary/aromatic N) is 2. The number of aromatic carboxylic acids is 1. The summed E-state index contributed by atoms with van der Waals surface area (Å²) in [5.41, 5.74) is -0.0540. The van der Waals surface area contributed by atoms with Gasteiger partial charge in [0.25, 0.3) is 0 Å². The number of hydrogen-bond donors (Lipinski definition) is 2. The molecule has 1 saturated heterocycles. The third-order valence-electron chi connectivity index (χ3n) is 6.11. The van der Waals surface area contributed by atoms with Gasteiger partial charge in [-0.25, -0.2) is 14.6 Å². The Kier molecular flexibility index (Phi) is 8.37. The first kappa shape index (κ1) is 24.0. The average molecular weight is 471 g/mol. The van der Waals surface area contributed by atoms with E-state index < -0.39 is 12.1 Å². The van der Waals surface area contributed by atoms with Gasteiger partial charge >= 0.3 is 12.1 Å². The summed E-state index contributed by atoms with van der Waals surface area (Å²) in [5.74, 6) is -0.474. The number of carbonyl (C=O) groups excluding carboxylic acids is 1. The summed E-state index contributed by atoms with van der Waals surface area (Å²) in [6.07, 6.45) is 7.48. The van der Waals surface area contributed by atoms with E-state index in [1.54, 1.807) is 12.0 Å². The summed E-state index contributed by atoms with van der Waals surface area (Å²) in [6.45, 7) is 2.99. The highest BCUT2D eigenvalue weighted by Crippen LogP contribution is 2.48. The van der Waals surface area contributed by atoms with Crippen molar-refractivity contribution in [3.63, 3.8) is 0 Å². The van der Waals surface area contributed by atoms with Gasteiger partial charge in [-0.1, -0.05) is 30.3 Å². The predicted molar refractivity (Wildman–Crippen MR) is 119 cm³/mol. The molecule has 8 nitrogen and oxygen atoms in total. The third kappa shape index (κ3) is 5.79. The zero-order chi connectivity index (χ0) is 22.4. The van der Waals surface area contributed by atoms with Crippen LogP contribution in [0.3, 0.4) is 0 Å². The monoisotopic (exact) mass is 470 g/mol. The zero-order valence-electron chi connectivity index (χ0n) is 17.9. The minimum Gasteiger partial charge on any atom is -0.476 e. The molecule has 10 heteroatoms. The van der Waals surface area contributed by atoms with Gasteiger partial charge < -0.3 is 19.7 Å². The molecule has 172 valence electrons. The molecule has 1 aromatic rings. The van der Waals surface area contributed by atoms with Gasteiger partial charge in [-0.2, -0.15) is 0 Å². The molecule has 3 unspecified atom stereocenters. The van der Waals surface area contributed by atoms with Gasteiger partial charge in [-0.15, -0.1) is 11.3 Å². The number of carboxylic acids is 1. The molecule has 1 aliphatic carbocycles. The summed E-state index contributed by atoms with van der Waals surface area (Å²) in [5, 5.41) is 21.3. The smallest absolute Gasteiger partial charge is 0.410 e. The normalized spacial score (nSPS) is 23.7. The first-order chi connectivity index (χ1) is 14.9. The number of aliphatic hydroxyl groups excluding tert-OH is 1. The number of amides is 1. The number of carbonyl (C=O) groups is 2. The molecule has 0 radical (unpaired) electrons. The van der Waals surface area contributed by atoms with Crippen molar-refractivity contribution < 1.29 is 29.3 Å². The fourth-order valence-corrected chi connectivity index (χ4v) is 5.95. The summed E-state index contributed by atoms with van der Waals surface area (Å²) in [7, 11) is 1.69. The molecule has 1 amide bonds. The minimum absolute atomic E-state index is 0.0342. The number of aliphatic hydroxyl groups is 1. The topological polar surface area (TPSA) is 109 Å². The number of ether oxygens (including phenoxy) is 2. The summed E-state index contributed by atoms with van der Waals surface area (Å²) in [6, 6.07) is -0.246. The number of hydrogen-bond acceptors (Lipinski definition) is 8. The lowest BCUT2D eigenvalue weighted by atomic mass is 9.62. The maximum Gasteiger partial charge on any atom is 0.410 e. The molecule has 2 aliphatic rings.